The largest absolute Gasteiger partial charge is 0.417 e. The number of anilines is 1. The lowest BCUT2D eigenvalue weighted by Gasteiger charge is -2.22. The first kappa shape index (κ1) is 18.4. The summed E-state index contributed by atoms with van der Waals surface area (Å²) >= 11 is 7.82. The van der Waals surface area contributed by atoms with Gasteiger partial charge in [0.1, 0.15) is 0 Å². The van der Waals surface area contributed by atoms with E-state index in [9.17, 15) is 13.2 Å². The van der Waals surface area contributed by atoms with E-state index in [-0.39, 0.29) is 16.3 Å². The maximum Gasteiger partial charge on any atom is 0.417 e. The van der Waals surface area contributed by atoms with Gasteiger partial charge in [-0.05, 0) is 49.2 Å². The SMILES string of the molecule is Nc1cc(Cl)c(-c2ccc(SC3CCCNC3)cc2)c(C(F)(F)F)c1. The van der Waals surface area contributed by atoms with E-state index < -0.39 is 11.7 Å². The van der Waals surface area contributed by atoms with Crippen LogP contribution < -0.4 is 11.1 Å². The topological polar surface area (TPSA) is 38.0 Å². The van der Waals surface area contributed by atoms with Gasteiger partial charge in [0.15, 0.2) is 0 Å². The summed E-state index contributed by atoms with van der Waals surface area (Å²) in [4.78, 5) is 1.04. The average Bonchev–Trinajstić information content (AvgIpc) is 2.55. The molecule has 0 spiro atoms. The third-order valence-electron chi connectivity index (χ3n) is 4.12. The summed E-state index contributed by atoms with van der Waals surface area (Å²) in [5, 5.41) is 3.85. The predicted octanol–water partition coefficient (Wildman–Crippen LogP) is 5.45. The molecule has 1 heterocycles. The molecule has 0 aromatic heterocycles. The maximum atomic E-state index is 13.4. The molecule has 2 aromatic carbocycles. The van der Waals surface area contributed by atoms with Crippen LogP contribution in [0.2, 0.25) is 5.02 Å². The monoisotopic (exact) mass is 386 g/mol. The molecule has 2 nitrogen and oxygen atoms in total. The van der Waals surface area contributed by atoms with Crippen molar-refractivity contribution in [1.29, 1.82) is 0 Å². The van der Waals surface area contributed by atoms with E-state index >= 15 is 0 Å². The molecule has 1 fully saturated rings. The third-order valence-corrected chi connectivity index (χ3v) is 5.69. The van der Waals surface area contributed by atoms with Crippen molar-refractivity contribution in [1.82, 2.24) is 5.32 Å². The van der Waals surface area contributed by atoms with E-state index in [0.717, 1.165) is 36.9 Å². The van der Waals surface area contributed by atoms with E-state index in [1.807, 2.05) is 12.1 Å². The molecule has 3 rings (SSSR count). The molecule has 7 heteroatoms. The van der Waals surface area contributed by atoms with Gasteiger partial charge in [-0.25, -0.2) is 0 Å². The van der Waals surface area contributed by atoms with Crippen LogP contribution in [0.3, 0.4) is 0 Å². The minimum Gasteiger partial charge on any atom is -0.399 e. The summed E-state index contributed by atoms with van der Waals surface area (Å²) in [5.41, 5.74) is 5.13. The van der Waals surface area contributed by atoms with Crippen molar-refractivity contribution in [3.8, 4) is 11.1 Å². The fraction of sp³-hybridized carbons (Fsp3) is 0.333. The Labute approximate surface area is 153 Å². The van der Waals surface area contributed by atoms with Crippen LogP contribution in [-0.2, 0) is 6.18 Å². The van der Waals surface area contributed by atoms with E-state index in [1.54, 1.807) is 23.9 Å². The number of benzene rings is 2. The van der Waals surface area contributed by atoms with Crippen molar-refractivity contribution in [2.75, 3.05) is 18.8 Å². The number of nitrogens with one attached hydrogen (secondary N) is 1. The minimum absolute atomic E-state index is 0.00181. The maximum absolute atomic E-state index is 13.4. The number of nitrogen functional groups attached to an aromatic ring is 1. The summed E-state index contributed by atoms with van der Waals surface area (Å²) in [5.74, 6) is 0. The molecule has 1 aliphatic rings. The molecule has 0 amide bonds. The highest BCUT2D eigenvalue weighted by Crippen LogP contribution is 2.42. The van der Waals surface area contributed by atoms with Crippen molar-refractivity contribution >= 4 is 29.1 Å². The van der Waals surface area contributed by atoms with Gasteiger partial charge in [0.25, 0.3) is 0 Å². The van der Waals surface area contributed by atoms with Crippen LogP contribution in [-0.4, -0.2) is 18.3 Å². The van der Waals surface area contributed by atoms with Crippen LogP contribution in [0.15, 0.2) is 41.3 Å². The summed E-state index contributed by atoms with van der Waals surface area (Å²) < 4.78 is 40.1. The van der Waals surface area contributed by atoms with Crippen molar-refractivity contribution in [3.05, 3.63) is 47.0 Å². The number of piperidine rings is 1. The first-order valence-electron chi connectivity index (χ1n) is 7.98. The van der Waals surface area contributed by atoms with Crippen molar-refractivity contribution in [2.45, 2.75) is 29.2 Å². The summed E-state index contributed by atoms with van der Waals surface area (Å²) in [6, 6.07) is 9.35. The van der Waals surface area contributed by atoms with Crippen LogP contribution in [0.4, 0.5) is 18.9 Å². The zero-order chi connectivity index (χ0) is 18.0. The number of thioether (sulfide) groups is 1. The Balaban J connectivity index is 1.89. The van der Waals surface area contributed by atoms with Crippen LogP contribution in [0.1, 0.15) is 18.4 Å². The normalized spacial score (nSPS) is 18.3. The minimum atomic E-state index is -4.52. The Morgan fingerprint density at radius 1 is 1.16 bits per heavy atom. The highest BCUT2D eigenvalue weighted by molar-refractivity contribution is 8.00. The smallest absolute Gasteiger partial charge is 0.399 e. The second-order valence-electron chi connectivity index (χ2n) is 6.03. The zero-order valence-electron chi connectivity index (χ0n) is 13.4. The van der Waals surface area contributed by atoms with E-state index in [0.29, 0.717) is 10.8 Å². The van der Waals surface area contributed by atoms with Gasteiger partial charge in [-0.1, -0.05) is 23.7 Å². The first-order chi connectivity index (χ1) is 11.8. The van der Waals surface area contributed by atoms with Crippen molar-refractivity contribution in [2.24, 2.45) is 0 Å². The second-order valence-corrected chi connectivity index (χ2v) is 7.81. The van der Waals surface area contributed by atoms with Crippen LogP contribution in [0.5, 0.6) is 0 Å². The van der Waals surface area contributed by atoms with Gasteiger partial charge in [0.05, 0.1) is 10.6 Å². The molecule has 2 aromatic rings. The van der Waals surface area contributed by atoms with Gasteiger partial charge in [-0.15, -0.1) is 11.8 Å². The first-order valence-corrected chi connectivity index (χ1v) is 9.24. The number of halogens is 4. The Morgan fingerprint density at radius 2 is 1.88 bits per heavy atom. The second kappa shape index (κ2) is 7.48. The summed E-state index contributed by atoms with van der Waals surface area (Å²) in [7, 11) is 0. The molecule has 25 heavy (non-hydrogen) atoms. The molecular weight excluding hydrogens is 369 g/mol. The number of nitrogens with two attached hydrogens (primary N) is 1. The molecule has 1 saturated heterocycles. The van der Waals surface area contributed by atoms with Crippen LogP contribution in [0, 0.1) is 0 Å². The van der Waals surface area contributed by atoms with Gasteiger partial charge < -0.3 is 11.1 Å². The van der Waals surface area contributed by atoms with E-state index in [4.69, 9.17) is 17.3 Å². The number of hydrogen-bond donors (Lipinski definition) is 2. The Hall–Kier alpha value is -1.37. The van der Waals surface area contributed by atoms with E-state index in [2.05, 4.69) is 5.32 Å². The number of hydrogen-bond acceptors (Lipinski definition) is 3. The fourth-order valence-electron chi connectivity index (χ4n) is 2.96. The molecule has 134 valence electrons. The molecule has 3 N–H and O–H groups in total. The lowest BCUT2D eigenvalue weighted by Crippen LogP contribution is -2.31. The molecule has 0 aliphatic carbocycles. The van der Waals surface area contributed by atoms with Crippen molar-refractivity contribution in [3.63, 3.8) is 0 Å². The Kier molecular flexibility index (Phi) is 5.51. The van der Waals surface area contributed by atoms with Gasteiger partial charge in [0, 0.05) is 27.9 Å². The molecule has 1 atom stereocenters. The molecule has 1 aliphatic heterocycles. The summed E-state index contributed by atoms with van der Waals surface area (Å²) in [6.45, 7) is 2.00. The predicted molar refractivity (Wildman–Crippen MR) is 98.1 cm³/mol. The lowest BCUT2D eigenvalue weighted by molar-refractivity contribution is -0.137. The van der Waals surface area contributed by atoms with Gasteiger partial charge in [0.2, 0.25) is 0 Å². The van der Waals surface area contributed by atoms with Crippen LogP contribution in [0.25, 0.3) is 11.1 Å². The number of alkyl halides is 3. The van der Waals surface area contributed by atoms with Gasteiger partial charge >= 0.3 is 6.18 Å². The number of rotatable bonds is 3. The standard InChI is InChI=1S/C18H18ClF3N2S/c19-16-9-12(23)8-15(18(20,21)22)17(16)11-3-5-13(6-4-11)25-14-2-1-7-24-10-14/h3-6,8-9,14,24H,1-2,7,10,23H2. The van der Waals surface area contributed by atoms with E-state index in [1.165, 1.54) is 6.07 Å². The summed E-state index contributed by atoms with van der Waals surface area (Å²) in [6.07, 6.45) is -2.23. The van der Waals surface area contributed by atoms with Gasteiger partial charge in [-0.3, -0.25) is 0 Å². The lowest BCUT2D eigenvalue weighted by atomic mass is 9.98. The zero-order valence-corrected chi connectivity index (χ0v) is 14.9. The average molecular weight is 387 g/mol. The quantitative estimate of drug-likeness (QED) is 0.688. The molecule has 0 bridgehead atoms. The Bertz CT molecular complexity index is 741. The molecule has 0 saturated carbocycles. The Morgan fingerprint density at radius 3 is 2.48 bits per heavy atom. The third kappa shape index (κ3) is 4.43. The van der Waals surface area contributed by atoms with Crippen LogP contribution >= 0.6 is 23.4 Å². The fourth-order valence-corrected chi connectivity index (χ4v) is 4.46. The molecular formula is C18H18ClF3N2S. The van der Waals surface area contributed by atoms with Crippen molar-refractivity contribution < 1.29 is 13.2 Å². The highest BCUT2D eigenvalue weighted by atomic mass is 35.5. The molecule has 0 radical (unpaired) electrons. The highest BCUT2D eigenvalue weighted by Gasteiger charge is 2.35. The van der Waals surface area contributed by atoms with Gasteiger partial charge in [-0.2, -0.15) is 13.2 Å². The molecule has 1 unspecified atom stereocenters.